The van der Waals surface area contributed by atoms with Crippen molar-refractivity contribution in [2.75, 3.05) is 24.7 Å². The minimum absolute atomic E-state index is 0.0898. The summed E-state index contributed by atoms with van der Waals surface area (Å²) in [5.41, 5.74) is 4.09. The van der Waals surface area contributed by atoms with Crippen LogP contribution in [0.25, 0.3) is 11.1 Å². The van der Waals surface area contributed by atoms with Gasteiger partial charge in [-0.1, -0.05) is 0 Å². The third-order valence-electron chi connectivity index (χ3n) is 7.68. The van der Waals surface area contributed by atoms with Gasteiger partial charge < -0.3 is 20.1 Å². The van der Waals surface area contributed by atoms with Crippen molar-refractivity contribution in [1.82, 2.24) is 15.1 Å². The first-order valence-corrected chi connectivity index (χ1v) is 12.9. The lowest BCUT2D eigenvalue weighted by Crippen LogP contribution is -2.41. The van der Waals surface area contributed by atoms with Crippen molar-refractivity contribution >= 4 is 17.5 Å². The summed E-state index contributed by atoms with van der Waals surface area (Å²) in [5.74, 6) is -1.23. The lowest BCUT2D eigenvalue weighted by atomic mass is 9.84. The van der Waals surface area contributed by atoms with Crippen LogP contribution < -0.4 is 10.2 Å². The zero-order chi connectivity index (χ0) is 26.1. The number of ether oxygens (including phenoxy) is 1. The molecule has 2 aromatic rings. The van der Waals surface area contributed by atoms with Crippen LogP contribution in [0.4, 0.5) is 14.5 Å². The van der Waals surface area contributed by atoms with Crippen molar-refractivity contribution in [3.05, 3.63) is 46.9 Å². The monoisotopic (exact) mass is 513 g/mol. The molecular weight excluding hydrogens is 480 g/mol. The number of anilines is 1. The van der Waals surface area contributed by atoms with Crippen LogP contribution >= 0.6 is 0 Å². The highest BCUT2D eigenvalue weighted by atomic mass is 19.3. The van der Waals surface area contributed by atoms with Gasteiger partial charge in [0.2, 0.25) is 0 Å². The van der Waals surface area contributed by atoms with Crippen LogP contribution in [0.5, 0.6) is 0 Å². The van der Waals surface area contributed by atoms with Gasteiger partial charge in [-0.25, -0.2) is 8.78 Å². The number of alkyl halides is 2. The Morgan fingerprint density at radius 1 is 1.24 bits per heavy atom. The van der Waals surface area contributed by atoms with Gasteiger partial charge >= 0.3 is 5.97 Å². The van der Waals surface area contributed by atoms with Crippen LogP contribution in [0, 0.1) is 11.3 Å². The summed E-state index contributed by atoms with van der Waals surface area (Å²) < 4.78 is 35.5. The summed E-state index contributed by atoms with van der Waals surface area (Å²) in [7, 11) is 1.75. The summed E-state index contributed by atoms with van der Waals surface area (Å²) in [5, 5.41) is 26.6. The van der Waals surface area contributed by atoms with Crippen LogP contribution in [-0.2, 0) is 23.0 Å². The summed E-state index contributed by atoms with van der Waals surface area (Å²) in [6.45, 7) is 1.86. The number of allylic oxidation sites excluding steroid dienone is 1. The Balaban J connectivity index is 1.52. The van der Waals surface area contributed by atoms with Crippen molar-refractivity contribution < 1.29 is 23.4 Å². The third kappa shape index (κ3) is 5.25. The fraction of sp³-hybridized carbons (Fsp3) is 0.519. The quantitative estimate of drug-likeness (QED) is 0.383. The van der Waals surface area contributed by atoms with Crippen LogP contribution in [0.15, 0.2) is 35.8 Å². The second kappa shape index (κ2) is 10.6. The molecule has 1 aromatic carbocycles. The van der Waals surface area contributed by atoms with E-state index in [2.05, 4.69) is 10.4 Å². The third-order valence-corrected chi connectivity index (χ3v) is 7.68. The first-order valence-electron chi connectivity index (χ1n) is 12.9. The predicted octanol–water partition coefficient (Wildman–Crippen LogP) is 4.66. The van der Waals surface area contributed by atoms with Crippen LogP contribution in [0.1, 0.15) is 56.1 Å². The molecule has 0 spiro atoms. The Bertz CT molecular complexity index is 1220. The molecule has 1 atom stereocenters. The highest BCUT2D eigenvalue weighted by Gasteiger charge is 2.33. The SMILES string of the molecule is Cn1cc(-c2cc3c(cc2C(F)F)N(C(=N)C2=C(NC4CCOCC4)CCC(C(=O)O)C2)CCC3)cn1. The fourth-order valence-electron chi connectivity index (χ4n) is 5.67. The highest BCUT2D eigenvalue weighted by molar-refractivity contribution is 6.09. The number of aryl methyl sites for hydroxylation is 2. The number of fused-ring (bicyclic) bond motifs is 1. The van der Waals surface area contributed by atoms with E-state index in [4.69, 9.17) is 4.74 Å². The summed E-state index contributed by atoms with van der Waals surface area (Å²) >= 11 is 0. The number of nitrogens with one attached hydrogen (secondary N) is 2. The number of hydrogen-bond donors (Lipinski definition) is 3. The van der Waals surface area contributed by atoms with Gasteiger partial charge in [-0.2, -0.15) is 5.10 Å². The van der Waals surface area contributed by atoms with Crippen LogP contribution in [-0.4, -0.2) is 52.5 Å². The molecule has 1 fully saturated rings. The van der Waals surface area contributed by atoms with Crippen molar-refractivity contribution in [1.29, 1.82) is 5.41 Å². The molecule has 1 unspecified atom stereocenters. The number of hydrogen-bond acceptors (Lipinski definition) is 5. The Morgan fingerprint density at radius 3 is 2.70 bits per heavy atom. The summed E-state index contributed by atoms with van der Waals surface area (Å²) in [6, 6.07) is 3.54. The van der Waals surface area contributed by atoms with Gasteiger partial charge in [0.1, 0.15) is 5.84 Å². The number of aliphatic carboxylic acids is 1. The number of carbonyl (C=O) groups is 1. The average Bonchev–Trinajstić information content (AvgIpc) is 3.34. The highest BCUT2D eigenvalue weighted by Crippen LogP contribution is 2.40. The zero-order valence-electron chi connectivity index (χ0n) is 21.0. The molecule has 5 rings (SSSR count). The first-order chi connectivity index (χ1) is 17.8. The molecule has 1 aromatic heterocycles. The average molecular weight is 514 g/mol. The van der Waals surface area contributed by atoms with Crippen LogP contribution in [0.2, 0.25) is 0 Å². The van der Waals surface area contributed by atoms with E-state index in [9.17, 15) is 24.1 Å². The molecule has 10 heteroatoms. The Morgan fingerprint density at radius 2 is 2.03 bits per heavy atom. The van der Waals surface area contributed by atoms with Crippen molar-refractivity contribution in [3.8, 4) is 11.1 Å². The van der Waals surface area contributed by atoms with E-state index in [1.807, 2.05) is 6.07 Å². The topological polar surface area (TPSA) is 103 Å². The number of benzene rings is 1. The largest absolute Gasteiger partial charge is 0.481 e. The lowest BCUT2D eigenvalue weighted by molar-refractivity contribution is -0.142. The maximum atomic E-state index is 14.2. The van der Waals surface area contributed by atoms with E-state index < -0.39 is 18.3 Å². The number of carboxylic acid groups (broad SMARTS) is 1. The number of rotatable bonds is 6. The summed E-state index contributed by atoms with van der Waals surface area (Å²) in [4.78, 5) is 13.6. The van der Waals surface area contributed by atoms with Crippen molar-refractivity contribution in [2.24, 2.45) is 13.0 Å². The van der Waals surface area contributed by atoms with Gasteiger partial charge in [-0.15, -0.1) is 0 Å². The number of carboxylic acids is 1. The second-order valence-electron chi connectivity index (χ2n) is 10.1. The molecule has 8 nitrogen and oxygen atoms in total. The molecule has 0 radical (unpaired) electrons. The summed E-state index contributed by atoms with van der Waals surface area (Å²) in [6.07, 6.45) is 5.14. The van der Waals surface area contributed by atoms with Gasteiger partial charge in [-0.3, -0.25) is 14.9 Å². The van der Waals surface area contributed by atoms with E-state index in [1.54, 1.807) is 29.0 Å². The molecule has 37 heavy (non-hydrogen) atoms. The Kier molecular flexibility index (Phi) is 7.28. The molecular formula is C27H33F2N5O3. The van der Waals surface area contributed by atoms with Crippen LogP contribution in [0.3, 0.4) is 0 Å². The number of amidine groups is 1. The number of nitrogens with zero attached hydrogens (tertiary/aromatic N) is 3. The molecule has 0 amide bonds. The molecule has 2 aliphatic heterocycles. The van der Waals surface area contributed by atoms with Gasteiger partial charge in [0.15, 0.2) is 0 Å². The zero-order valence-corrected chi connectivity index (χ0v) is 21.0. The minimum Gasteiger partial charge on any atom is -0.481 e. The minimum atomic E-state index is -2.69. The normalized spacial score (nSPS) is 20.8. The van der Waals surface area contributed by atoms with E-state index in [1.165, 1.54) is 6.07 Å². The van der Waals surface area contributed by atoms with Crippen molar-refractivity contribution in [2.45, 2.75) is 57.4 Å². The van der Waals surface area contributed by atoms with Gasteiger partial charge in [0, 0.05) is 67.1 Å². The maximum absolute atomic E-state index is 14.2. The van der Waals surface area contributed by atoms with E-state index in [-0.39, 0.29) is 23.9 Å². The van der Waals surface area contributed by atoms with Crippen molar-refractivity contribution in [3.63, 3.8) is 0 Å². The molecule has 3 aliphatic rings. The van der Waals surface area contributed by atoms with Gasteiger partial charge in [0.25, 0.3) is 6.43 Å². The molecule has 0 saturated carbocycles. The molecule has 1 saturated heterocycles. The fourth-order valence-corrected chi connectivity index (χ4v) is 5.67. The van der Waals surface area contributed by atoms with Gasteiger partial charge in [-0.05, 0) is 68.2 Å². The van der Waals surface area contributed by atoms with E-state index in [0.29, 0.717) is 55.0 Å². The Labute approximate surface area is 214 Å². The standard InChI is InChI=1S/C27H33F2N5O3/c1-33-15-18(14-31-33)20-11-16-3-2-8-34(24(16)13-21(20)25(28)29)26(30)22-12-17(27(35)36)4-5-23(22)32-19-6-9-37-10-7-19/h11,13-15,17,19,25,30,32H,2-10,12H2,1H3,(H,35,36). The number of aromatic nitrogens is 2. The maximum Gasteiger partial charge on any atom is 0.306 e. The smallest absolute Gasteiger partial charge is 0.306 e. The molecule has 198 valence electrons. The molecule has 0 bridgehead atoms. The second-order valence-corrected chi connectivity index (χ2v) is 10.1. The Hall–Kier alpha value is -3.27. The molecule has 3 N–H and O–H groups in total. The lowest BCUT2D eigenvalue weighted by Gasteiger charge is -2.37. The number of halogens is 2. The molecule has 1 aliphatic carbocycles. The van der Waals surface area contributed by atoms with E-state index in [0.717, 1.165) is 36.9 Å². The molecule has 3 heterocycles. The first kappa shape index (κ1) is 25.4. The van der Waals surface area contributed by atoms with E-state index >= 15 is 0 Å². The predicted molar refractivity (Wildman–Crippen MR) is 136 cm³/mol. The van der Waals surface area contributed by atoms with Gasteiger partial charge in [0.05, 0.1) is 12.1 Å².